The van der Waals surface area contributed by atoms with Gasteiger partial charge in [0, 0.05) is 23.6 Å². The summed E-state index contributed by atoms with van der Waals surface area (Å²) in [6, 6.07) is 14.2. The molecule has 1 aromatic heterocycles. The van der Waals surface area contributed by atoms with Crippen molar-refractivity contribution >= 4 is 16.8 Å². The second-order valence-corrected chi connectivity index (χ2v) is 5.27. The van der Waals surface area contributed by atoms with Gasteiger partial charge in [-0.1, -0.05) is 30.3 Å². The maximum atomic E-state index is 13.1. The summed E-state index contributed by atoms with van der Waals surface area (Å²) in [4.78, 5) is 15.1. The Bertz CT molecular complexity index is 794. The van der Waals surface area contributed by atoms with Gasteiger partial charge in [-0.15, -0.1) is 0 Å². The number of carbonyl (C=O) groups is 1. The molecule has 1 amide bonds. The van der Waals surface area contributed by atoms with Gasteiger partial charge in [0.25, 0.3) is 0 Å². The minimum Gasteiger partial charge on any atom is -0.361 e. The van der Waals surface area contributed by atoms with Crippen molar-refractivity contribution in [1.82, 2.24) is 10.3 Å². The molecule has 2 N–H and O–H groups in total. The molecule has 1 heterocycles. The lowest BCUT2D eigenvalue weighted by atomic mass is 10.1. The van der Waals surface area contributed by atoms with E-state index in [-0.39, 0.29) is 18.1 Å². The first-order valence-electron chi connectivity index (χ1n) is 7.28. The fraction of sp³-hybridized carbons (Fsp3) is 0.167. The number of carbonyl (C=O) groups excluding carboxylic acids is 1. The number of benzene rings is 2. The number of H-pyrrole nitrogens is 1. The van der Waals surface area contributed by atoms with Crippen molar-refractivity contribution in [1.29, 1.82) is 0 Å². The van der Waals surface area contributed by atoms with E-state index in [1.165, 1.54) is 23.1 Å². The first kappa shape index (κ1) is 14.3. The molecule has 4 heteroatoms. The molecule has 22 heavy (non-hydrogen) atoms. The average Bonchev–Trinajstić information content (AvgIpc) is 2.91. The van der Waals surface area contributed by atoms with Crippen LogP contribution >= 0.6 is 0 Å². The van der Waals surface area contributed by atoms with Gasteiger partial charge >= 0.3 is 0 Å². The van der Waals surface area contributed by atoms with Crippen LogP contribution in [-0.2, 0) is 17.6 Å². The highest BCUT2D eigenvalue weighted by atomic mass is 19.1. The van der Waals surface area contributed by atoms with Crippen molar-refractivity contribution in [2.45, 2.75) is 12.8 Å². The smallest absolute Gasteiger partial charge is 0.224 e. The fourth-order valence-corrected chi connectivity index (χ4v) is 2.57. The van der Waals surface area contributed by atoms with Gasteiger partial charge in [-0.05, 0) is 35.7 Å². The largest absolute Gasteiger partial charge is 0.361 e. The second-order valence-electron chi connectivity index (χ2n) is 5.27. The van der Waals surface area contributed by atoms with Gasteiger partial charge in [-0.25, -0.2) is 4.39 Å². The number of fused-ring (bicyclic) bond motifs is 1. The van der Waals surface area contributed by atoms with Crippen molar-refractivity contribution in [2.75, 3.05) is 6.54 Å². The topological polar surface area (TPSA) is 44.9 Å². The Balaban J connectivity index is 1.53. The minimum atomic E-state index is -0.316. The Labute approximate surface area is 128 Å². The fourth-order valence-electron chi connectivity index (χ4n) is 2.57. The van der Waals surface area contributed by atoms with Crippen LogP contribution in [0.25, 0.3) is 10.9 Å². The van der Waals surface area contributed by atoms with Gasteiger partial charge in [-0.2, -0.15) is 0 Å². The normalized spacial score (nSPS) is 10.8. The zero-order valence-corrected chi connectivity index (χ0v) is 12.1. The average molecular weight is 296 g/mol. The number of halogens is 1. The molecule has 0 saturated carbocycles. The van der Waals surface area contributed by atoms with Crippen LogP contribution in [0.5, 0.6) is 0 Å². The molecule has 0 aliphatic rings. The number of aromatic nitrogens is 1. The molecular formula is C18H17FN2O. The SMILES string of the molecule is O=C(Cc1cccc(F)c1)NCCc1c[nH]c2ccccc12. The summed E-state index contributed by atoms with van der Waals surface area (Å²) in [5.41, 5.74) is 2.97. The number of hydrogen-bond acceptors (Lipinski definition) is 1. The van der Waals surface area contributed by atoms with Gasteiger partial charge < -0.3 is 10.3 Å². The van der Waals surface area contributed by atoms with Gasteiger partial charge in [0.1, 0.15) is 5.82 Å². The quantitative estimate of drug-likeness (QED) is 0.746. The Morgan fingerprint density at radius 3 is 2.86 bits per heavy atom. The number of amides is 1. The van der Waals surface area contributed by atoms with Crippen LogP contribution in [-0.4, -0.2) is 17.4 Å². The third kappa shape index (κ3) is 3.34. The van der Waals surface area contributed by atoms with E-state index in [9.17, 15) is 9.18 Å². The molecule has 0 unspecified atom stereocenters. The van der Waals surface area contributed by atoms with Gasteiger partial charge in [0.2, 0.25) is 5.91 Å². The maximum absolute atomic E-state index is 13.1. The Kier molecular flexibility index (Phi) is 4.19. The van der Waals surface area contributed by atoms with Crippen molar-refractivity contribution in [3.05, 3.63) is 71.7 Å². The maximum Gasteiger partial charge on any atom is 0.224 e. The van der Waals surface area contributed by atoms with Gasteiger partial charge in [0.15, 0.2) is 0 Å². The van der Waals surface area contributed by atoms with E-state index < -0.39 is 0 Å². The zero-order valence-electron chi connectivity index (χ0n) is 12.1. The summed E-state index contributed by atoms with van der Waals surface area (Å²) in [6.45, 7) is 0.565. The molecule has 112 valence electrons. The Hall–Kier alpha value is -2.62. The summed E-state index contributed by atoms with van der Waals surface area (Å²) in [5, 5.41) is 4.06. The summed E-state index contributed by atoms with van der Waals surface area (Å²) < 4.78 is 13.1. The van der Waals surface area contributed by atoms with E-state index in [1.54, 1.807) is 12.1 Å². The van der Waals surface area contributed by atoms with Crippen LogP contribution in [0.2, 0.25) is 0 Å². The van der Waals surface area contributed by atoms with Gasteiger partial charge in [0.05, 0.1) is 6.42 Å². The Morgan fingerprint density at radius 1 is 1.14 bits per heavy atom. The van der Waals surface area contributed by atoms with E-state index in [1.807, 2.05) is 24.4 Å². The molecule has 0 fully saturated rings. The third-order valence-electron chi connectivity index (χ3n) is 3.65. The van der Waals surface area contributed by atoms with E-state index >= 15 is 0 Å². The molecule has 3 aromatic rings. The summed E-state index contributed by atoms with van der Waals surface area (Å²) in [7, 11) is 0. The highest BCUT2D eigenvalue weighted by Gasteiger charge is 2.06. The first-order valence-corrected chi connectivity index (χ1v) is 7.28. The molecule has 3 rings (SSSR count). The van der Waals surface area contributed by atoms with E-state index in [4.69, 9.17) is 0 Å². The van der Waals surface area contributed by atoms with Gasteiger partial charge in [-0.3, -0.25) is 4.79 Å². The van der Waals surface area contributed by atoms with E-state index in [0.29, 0.717) is 12.1 Å². The summed E-state index contributed by atoms with van der Waals surface area (Å²) in [6.07, 6.45) is 2.94. The lowest BCUT2D eigenvalue weighted by Crippen LogP contribution is -2.27. The molecule has 0 spiro atoms. The predicted octanol–water partition coefficient (Wildman–Crippen LogP) is 3.21. The van der Waals surface area contributed by atoms with Crippen molar-refractivity contribution < 1.29 is 9.18 Å². The zero-order chi connectivity index (χ0) is 15.4. The number of rotatable bonds is 5. The molecule has 0 radical (unpaired) electrons. The summed E-state index contributed by atoms with van der Waals surface area (Å²) in [5.74, 6) is -0.408. The molecule has 3 nitrogen and oxygen atoms in total. The van der Waals surface area contributed by atoms with Crippen LogP contribution < -0.4 is 5.32 Å². The summed E-state index contributed by atoms with van der Waals surface area (Å²) >= 11 is 0. The van der Waals surface area contributed by atoms with Crippen molar-refractivity contribution in [3.8, 4) is 0 Å². The first-order chi connectivity index (χ1) is 10.7. The van der Waals surface area contributed by atoms with Crippen molar-refractivity contribution in [3.63, 3.8) is 0 Å². The third-order valence-corrected chi connectivity index (χ3v) is 3.65. The highest BCUT2D eigenvalue weighted by Crippen LogP contribution is 2.17. The van der Waals surface area contributed by atoms with Crippen LogP contribution in [0.3, 0.4) is 0 Å². The molecule has 0 aliphatic carbocycles. The lowest BCUT2D eigenvalue weighted by molar-refractivity contribution is -0.120. The van der Waals surface area contributed by atoms with Crippen LogP contribution in [0.15, 0.2) is 54.7 Å². The predicted molar refractivity (Wildman–Crippen MR) is 85.1 cm³/mol. The van der Waals surface area contributed by atoms with Crippen LogP contribution in [0.4, 0.5) is 4.39 Å². The molecule has 2 aromatic carbocycles. The number of hydrogen-bond donors (Lipinski definition) is 2. The number of para-hydroxylation sites is 1. The standard InChI is InChI=1S/C18H17FN2O/c19-15-5-3-4-13(10-15)11-18(22)20-9-8-14-12-21-17-7-2-1-6-16(14)17/h1-7,10,12,21H,8-9,11H2,(H,20,22). The van der Waals surface area contributed by atoms with Crippen LogP contribution in [0.1, 0.15) is 11.1 Å². The minimum absolute atomic E-state index is 0.0922. The van der Waals surface area contributed by atoms with Crippen molar-refractivity contribution in [2.24, 2.45) is 0 Å². The molecule has 0 aliphatic heterocycles. The highest BCUT2D eigenvalue weighted by molar-refractivity contribution is 5.83. The molecule has 0 bridgehead atoms. The molecule has 0 saturated heterocycles. The number of nitrogens with one attached hydrogen (secondary N) is 2. The van der Waals surface area contributed by atoms with Crippen LogP contribution in [0, 0.1) is 5.82 Å². The second kappa shape index (κ2) is 6.43. The van der Waals surface area contributed by atoms with E-state index in [0.717, 1.165) is 11.9 Å². The number of aromatic amines is 1. The van der Waals surface area contributed by atoms with E-state index in [2.05, 4.69) is 16.4 Å². The molecule has 0 atom stereocenters. The lowest BCUT2D eigenvalue weighted by Gasteiger charge is -2.05. The monoisotopic (exact) mass is 296 g/mol. The Morgan fingerprint density at radius 2 is 2.00 bits per heavy atom. The molecular weight excluding hydrogens is 279 g/mol.